The van der Waals surface area contributed by atoms with Gasteiger partial charge in [0.15, 0.2) is 0 Å². The number of methoxy groups -OCH3 is 1. The molecule has 4 rings (SSSR count). The number of ether oxygens (including phenoxy) is 1. The first-order valence-corrected chi connectivity index (χ1v) is 9.87. The van der Waals surface area contributed by atoms with Gasteiger partial charge < -0.3 is 14.2 Å². The van der Waals surface area contributed by atoms with Crippen molar-refractivity contribution in [3.63, 3.8) is 0 Å². The van der Waals surface area contributed by atoms with E-state index in [-0.39, 0.29) is 0 Å². The van der Waals surface area contributed by atoms with E-state index in [1.165, 1.54) is 0 Å². The fourth-order valence-electron chi connectivity index (χ4n) is 3.65. The lowest BCUT2D eigenvalue weighted by atomic mass is 10.2. The van der Waals surface area contributed by atoms with Crippen molar-refractivity contribution in [3.05, 3.63) is 54.5 Å². The molecule has 0 N–H and O–H groups in total. The van der Waals surface area contributed by atoms with Crippen LogP contribution in [0.5, 0.6) is 5.75 Å². The lowest BCUT2D eigenvalue weighted by molar-refractivity contribution is 0.417. The van der Waals surface area contributed by atoms with Crippen molar-refractivity contribution >= 4 is 16.9 Å². The van der Waals surface area contributed by atoms with Crippen LogP contribution < -0.4 is 9.64 Å². The lowest BCUT2D eigenvalue weighted by Gasteiger charge is -2.19. The molecule has 0 saturated carbocycles. The molecule has 0 amide bonds. The number of imidazole rings is 1. The molecule has 0 aliphatic carbocycles. The van der Waals surface area contributed by atoms with Crippen molar-refractivity contribution in [2.24, 2.45) is 7.05 Å². The van der Waals surface area contributed by atoms with E-state index in [0.717, 1.165) is 52.8 Å². The molecule has 7 nitrogen and oxygen atoms in total. The van der Waals surface area contributed by atoms with Crippen LogP contribution in [0.1, 0.15) is 19.5 Å². The molecule has 4 aromatic rings. The number of rotatable bonds is 7. The maximum absolute atomic E-state index is 5.63. The number of nitrogens with zero attached hydrogens (tertiary/aromatic N) is 6. The quantitative estimate of drug-likeness (QED) is 0.481. The molecule has 1 aromatic carbocycles. The van der Waals surface area contributed by atoms with Crippen LogP contribution >= 0.6 is 0 Å². The van der Waals surface area contributed by atoms with Gasteiger partial charge >= 0.3 is 0 Å². The average Bonchev–Trinajstić information content (AvgIpc) is 3.33. The molecular formula is C22H26N6O. The SMILES string of the molecule is CCN(CC)c1ccc(-c2nc3cccc(OC)c3n2Cc2ccn(C)n2)cn1. The highest BCUT2D eigenvalue weighted by Crippen LogP contribution is 2.32. The van der Waals surface area contributed by atoms with Crippen LogP contribution in [-0.4, -0.2) is 44.5 Å². The van der Waals surface area contributed by atoms with Crippen LogP contribution in [0.2, 0.25) is 0 Å². The molecule has 0 atom stereocenters. The Morgan fingerprint density at radius 2 is 1.90 bits per heavy atom. The zero-order valence-corrected chi connectivity index (χ0v) is 17.3. The third kappa shape index (κ3) is 3.55. The van der Waals surface area contributed by atoms with Gasteiger partial charge in [-0.15, -0.1) is 0 Å². The van der Waals surface area contributed by atoms with Crippen LogP contribution in [0.25, 0.3) is 22.4 Å². The fraction of sp³-hybridized carbons (Fsp3) is 0.318. The maximum atomic E-state index is 5.63. The van der Waals surface area contributed by atoms with Gasteiger partial charge in [0.1, 0.15) is 22.9 Å². The first-order valence-electron chi connectivity index (χ1n) is 9.87. The number of anilines is 1. The highest BCUT2D eigenvalue weighted by Gasteiger charge is 2.18. The molecule has 0 unspecified atom stereocenters. The smallest absolute Gasteiger partial charge is 0.144 e. The summed E-state index contributed by atoms with van der Waals surface area (Å²) in [5, 5.41) is 4.55. The Hall–Kier alpha value is -3.35. The summed E-state index contributed by atoms with van der Waals surface area (Å²) in [5.41, 5.74) is 3.79. The number of hydrogen-bond donors (Lipinski definition) is 0. The molecule has 7 heteroatoms. The van der Waals surface area contributed by atoms with E-state index in [1.807, 2.05) is 48.4 Å². The number of aryl methyl sites for hydroxylation is 1. The van der Waals surface area contributed by atoms with E-state index in [9.17, 15) is 0 Å². The molecule has 0 radical (unpaired) electrons. The first kappa shape index (κ1) is 19.0. The number of benzene rings is 1. The second kappa shape index (κ2) is 7.95. The number of para-hydroxylation sites is 1. The summed E-state index contributed by atoms with van der Waals surface area (Å²) in [6.07, 6.45) is 3.85. The van der Waals surface area contributed by atoms with Gasteiger partial charge in [0.05, 0.1) is 24.9 Å². The monoisotopic (exact) mass is 390 g/mol. The van der Waals surface area contributed by atoms with Crippen molar-refractivity contribution in [2.45, 2.75) is 20.4 Å². The maximum Gasteiger partial charge on any atom is 0.144 e. The van der Waals surface area contributed by atoms with E-state index in [2.05, 4.69) is 45.5 Å². The Morgan fingerprint density at radius 3 is 2.52 bits per heavy atom. The summed E-state index contributed by atoms with van der Waals surface area (Å²) in [6, 6.07) is 12.1. The largest absolute Gasteiger partial charge is 0.494 e. The predicted molar refractivity (Wildman–Crippen MR) is 115 cm³/mol. The zero-order valence-electron chi connectivity index (χ0n) is 17.3. The topological polar surface area (TPSA) is 61.0 Å². The van der Waals surface area contributed by atoms with Crippen LogP contribution in [0, 0.1) is 0 Å². The Bertz CT molecular complexity index is 1110. The molecule has 0 saturated heterocycles. The van der Waals surface area contributed by atoms with E-state index in [0.29, 0.717) is 6.54 Å². The minimum Gasteiger partial charge on any atom is -0.494 e. The molecule has 150 valence electrons. The Morgan fingerprint density at radius 1 is 1.07 bits per heavy atom. The van der Waals surface area contributed by atoms with Gasteiger partial charge in [0, 0.05) is 38.1 Å². The summed E-state index contributed by atoms with van der Waals surface area (Å²) in [5.74, 6) is 2.63. The van der Waals surface area contributed by atoms with E-state index in [1.54, 1.807) is 7.11 Å². The van der Waals surface area contributed by atoms with E-state index < -0.39 is 0 Å². The Labute approximate surface area is 170 Å². The third-order valence-electron chi connectivity index (χ3n) is 5.13. The molecule has 0 aliphatic rings. The summed E-state index contributed by atoms with van der Waals surface area (Å²) < 4.78 is 9.60. The third-order valence-corrected chi connectivity index (χ3v) is 5.13. The van der Waals surface area contributed by atoms with Crippen molar-refractivity contribution in [2.75, 3.05) is 25.1 Å². The van der Waals surface area contributed by atoms with E-state index >= 15 is 0 Å². The van der Waals surface area contributed by atoms with Crippen molar-refractivity contribution < 1.29 is 4.74 Å². The van der Waals surface area contributed by atoms with Gasteiger partial charge in [-0.3, -0.25) is 4.68 Å². The van der Waals surface area contributed by atoms with Gasteiger partial charge in [-0.1, -0.05) is 6.07 Å². The number of pyridine rings is 1. The Balaban J connectivity index is 1.84. The number of fused-ring (bicyclic) bond motifs is 1. The molecule has 3 heterocycles. The van der Waals surface area contributed by atoms with Gasteiger partial charge in [-0.25, -0.2) is 9.97 Å². The standard InChI is InChI=1S/C22H26N6O/c1-5-27(6-2)20-11-10-16(14-23-20)22-24-18-8-7-9-19(29-4)21(18)28(22)15-17-12-13-26(3)25-17/h7-14H,5-6,15H2,1-4H3. The van der Waals surface area contributed by atoms with Gasteiger partial charge in [-0.05, 0) is 44.2 Å². The van der Waals surface area contributed by atoms with Crippen LogP contribution in [0.4, 0.5) is 5.82 Å². The normalized spacial score (nSPS) is 11.2. The molecule has 3 aromatic heterocycles. The molecule has 0 spiro atoms. The fourth-order valence-corrected chi connectivity index (χ4v) is 3.65. The zero-order chi connectivity index (χ0) is 20.4. The van der Waals surface area contributed by atoms with Crippen molar-refractivity contribution in [1.29, 1.82) is 0 Å². The summed E-state index contributed by atoms with van der Waals surface area (Å²) in [7, 11) is 3.61. The van der Waals surface area contributed by atoms with Crippen molar-refractivity contribution in [1.82, 2.24) is 24.3 Å². The van der Waals surface area contributed by atoms with Crippen LogP contribution in [-0.2, 0) is 13.6 Å². The summed E-state index contributed by atoms with van der Waals surface area (Å²) in [6.45, 7) is 6.73. The second-order valence-electron chi connectivity index (χ2n) is 6.91. The highest BCUT2D eigenvalue weighted by molar-refractivity contribution is 5.86. The minimum absolute atomic E-state index is 0.602. The molecular weight excluding hydrogens is 364 g/mol. The van der Waals surface area contributed by atoms with E-state index in [4.69, 9.17) is 9.72 Å². The number of hydrogen-bond acceptors (Lipinski definition) is 5. The molecule has 29 heavy (non-hydrogen) atoms. The minimum atomic E-state index is 0.602. The predicted octanol–water partition coefficient (Wildman–Crippen LogP) is 3.73. The van der Waals surface area contributed by atoms with Crippen LogP contribution in [0.15, 0.2) is 48.8 Å². The van der Waals surface area contributed by atoms with Crippen molar-refractivity contribution in [3.8, 4) is 17.1 Å². The Kier molecular flexibility index (Phi) is 5.20. The molecule has 0 bridgehead atoms. The molecule has 0 aliphatic heterocycles. The molecule has 0 fully saturated rings. The average molecular weight is 390 g/mol. The lowest BCUT2D eigenvalue weighted by Crippen LogP contribution is -2.22. The van der Waals surface area contributed by atoms with Gasteiger partial charge in [0.25, 0.3) is 0 Å². The summed E-state index contributed by atoms with van der Waals surface area (Å²) >= 11 is 0. The number of aromatic nitrogens is 5. The van der Waals surface area contributed by atoms with Crippen LogP contribution in [0.3, 0.4) is 0 Å². The highest BCUT2D eigenvalue weighted by atomic mass is 16.5. The second-order valence-corrected chi connectivity index (χ2v) is 6.91. The summed E-state index contributed by atoms with van der Waals surface area (Å²) in [4.78, 5) is 11.8. The van der Waals surface area contributed by atoms with Gasteiger partial charge in [0.2, 0.25) is 0 Å². The van der Waals surface area contributed by atoms with Gasteiger partial charge in [-0.2, -0.15) is 5.10 Å². The first-order chi connectivity index (χ1) is 14.1.